The highest BCUT2D eigenvalue weighted by Gasteiger charge is 2.12. The summed E-state index contributed by atoms with van der Waals surface area (Å²) in [4.78, 5) is 18.3. The van der Waals surface area contributed by atoms with Crippen LogP contribution in [0.2, 0.25) is 0 Å². The number of hydrazone groups is 1. The molecule has 0 saturated heterocycles. The summed E-state index contributed by atoms with van der Waals surface area (Å²) in [6.45, 7) is 3.40. The van der Waals surface area contributed by atoms with Crippen molar-refractivity contribution in [3.05, 3.63) is 42.2 Å². The Labute approximate surface area is 142 Å². The van der Waals surface area contributed by atoms with Crippen LogP contribution in [-0.2, 0) is 0 Å². The lowest BCUT2D eigenvalue weighted by molar-refractivity contribution is 0.442. The lowest BCUT2D eigenvalue weighted by atomic mass is 10.2. The number of nitrogens with one attached hydrogen (secondary N) is 2. The monoisotopic (exact) mass is 430 g/mol. The van der Waals surface area contributed by atoms with E-state index in [0.29, 0.717) is 21.3 Å². The van der Waals surface area contributed by atoms with Gasteiger partial charge in [-0.25, -0.2) is 10.4 Å². The minimum Gasteiger partial charge on any atom is -0.506 e. The zero-order valence-corrected chi connectivity index (χ0v) is 14.8. The quantitative estimate of drug-likeness (QED) is 0.441. The van der Waals surface area contributed by atoms with E-state index in [4.69, 9.17) is 0 Å². The molecule has 2 aromatic rings. The van der Waals surface area contributed by atoms with E-state index < -0.39 is 0 Å². The highest BCUT2D eigenvalue weighted by atomic mass is 79.9. The van der Waals surface area contributed by atoms with Crippen LogP contribution in [0.15, 0.2) is 24.9 Å². The number of aromatic nitrogens is 2. The molecule has 22 heavy (non-hydrogen) atoms. The number of H-pyrrole nitrogens is 1. The van der Waals surface area contributed by atoms with Crippen molar-refractivity contribution in [1.82, 2.24) is 9.97 Å². The number of benzene rings is 1. The molecule has 9 heteroatoms. The first-order chi connectivity index (χ1) is 10.3. The van der Waals surface area contributed by atoms with Gasteiger partial charge in [-0.1, -0.05) is 0 Å². The van der Waals surface area contributed by atoms with Gasteiger partial charge in [0.15, 0.2) is 0 Å². The van der Waals surface area contributed by atoms with Crippen LogP contribution in [0.1, 0.15) is 16.8 Å². The van der Waals surface area contributed by atoms with Gasteiger partial charge in [0.2, 0.25) is 5.95 Å². The third kappa shape index (κ3) is 3.30. The largest absolute Gasteiger partial charge is 0.506 e. The number of phenols is 2. The van der Waals surface area contributed by atoms with E-state index >= 15 is 0 Å². The fourth-order valence-corrected chi connectivity index (χ4v) is 2.73. The molecule has 2 rings (SSSR count). The Kier molecular flexibility index (Phi) is 4.87. The normalized spacial score (nSPS) is 11.1. The number of phenolic OH excluding ortho intramolecular Hbond substituents is 2. The average Bonchev–Trinajstić information content (AvgIpc) is 2.47. The number of aryl methyl sites for hydroxylation is 1. The number of nitrogens with zero attached hydrogens (tertiary/aromatic N) is 2. The molecule has 1 heterocycles. The van der Waals surface area contributed by atoms with Crippen molar-refractivity contribution in [2.45, 2.75) is 13.8 Å². The summed E-state index contributed by atoms with van der Waals surface area (Å²) in [7, 11) is 0. The van der Waals surface area contributed by atoms with Gasteiger partial charge in [-0.05, 0) is 51.8 Å². The Morgan fingerprint density at radius 1 is 1.32 bits per heavy atom. The van der Waals surface area contributed by atoms with Crippen LogP contribution in [-0.4, -0.2) is 26.4 Å². The molecule has 0 atom stereocenters. The number of aromatic amines is 1. The standard InChI is InChI=1S/C13H12Br2N4O3/c1-5-6(2)17-13(18-12(5)22)19-16-4-7-3-8(14)11(21)9(15)10(7)20/h3-4,20-21H,1-2H3,(H2,17,18,19,22)/b16-4-. The molecule has 0 spiro atoms. The Balaban J connectivity index is 2.26. The van der Waals surface area contributed by atoms with Gasteiger partial charge in [0.05, 0.1) is 10.7 Å². The number of rotatable bonds is 3. The molecular weight excluding hydrogens is 420 g/mol. The minimum absolute atomic E-state index is 0.109. The van der Waals surface area contributed by atoms with Crippen LogP contribution in [0.5, 0.6) is 11.5 Å². The summed E-state index contributed by atoms with van der Waals surface area (Å²) in [5.74, 6) is -0.0729. The van der Waals surface area contributed by atoms with Gasteiger partial charge in [-0.2, -0.15) is 5.10 Å². The highest BCUT2D eigenvalue weighted by Crippen LogP contribution is 2.40. The molecule has 116 valence electrons. The maximum atomic E-state index is 11.6. The highest BCUT2D eigenvalue weighted by molar-refractivity contribution is 9.11. The Hall–Kier alpha value is -1.87. The van der Waals surface area contributed by atoms with Crippen molar-refractivity contribution in [2.75, 3.05) is 5.43 Å². The summed E-state index contributed by atoms with van der Waals surface area (Å²) >= 11 is 6.23. The van der Waals surface area contributed by atoms with E-state index in [9.17, 15) is 15.0 Å². The summed E-state index contributed by atoms with van der Waals surface area (Å²) < 4.78 is 0.553. The Morgan fingerprint density at radius 3 is 2.64 bits per heavy atom. The summed E-state index contributed by atoms with van der Waals surface area (Å²) in [5.41, 5.74) is 3.83. The predicted molar refractivity (Wildman–Crippen MR) is 90.7 cm³/mol. The zero-order chi connectivity index (χ0) is 16.4. The Bertz CT molecular complexity index is 818. The molecule has 0 aliphatic heterocycles. The smallest absolute Gasteiger partial charge is 0.255 e. The van der Waals surface area contributed by atoms with E-state index in [-0.39, 0.29) is 27.5 Å². The molecule has 0 radical (unpaired) electrons. The lowest BCUT2D eigenvalue weighted by Gasteiger charge is -2.06. The number of anilines is 1. The van der Waals surface area contributed by atoms with Gasteiger partial charge in [0, 0.05) is 16.8 Å². The average molecular weight is 432 g/mol. The van der Waals surface area contributed by atoms with E-state index in [0.717, 1.165) is 0 Å². The van der Waals surface area contributed by atoms with E-state index in [1.165, 1.54) is 12.3 Å². The summed E-state index contributed by atoms with van der Waals surface area (Å²) in [6.07, 6.45) is 1.33. The van der Waals surface area contributed by atoms with Gasteiger partial charge < -0.3 is 10.2 Å². The molecule has 0 aliphatic rings. The second-order valence-electron chi connectivity index (χ2n) is 4.45. The SMILES string of the molecule is Cc1nc(N/N=C\c2cc(Br)c(O)c(Br)c2O)[nH]c(=O)c1C. The zero-order valence-electron chi connectivity index (χ0n) is 11.6. The van der Waals surface area contributed by atoms with Crippen LogP contribution in [0.3, 0.4) is 0 Å². The third-order valence-electron chi connectivity index (χ3n) is 2.97. The molecule has 0 amide bonds. The fourth-order valence-electron chi connectivity index (χ4n) is 1.58. The van der Waals surface area contributed by atoms with Crippen LogP contribution >= 0.6 is 31.9 Å². The van der Waals surface area contributed by atoms with E-state index in [2.05, 4.69) is 52.4 Å². The molecular formula is C13H12Br2N4O3. The van der Waals surface area contributed by atoms with Crippen molar-refractivity contribution in [2.24, 2.45) is 5.10 Å². The molecule has 0 bridgehead atoms. The van der Waals surface area contributed by atoms with Gasteiger partial charge in [-0.15, -0.1) is 0 Å². The fraction of sp³-hybridized carbons (Fsp3) is 0.154. The maximum Gasteiger partial charge on any atom is 0.255 e. The van der Waals surface area contributed by atoms with Crippen LogP contribution in [0.4, 0.5) is 5.95 Å². The van der Waals surface area contributed by atoms with Crippen molar-refractivity contribution in [1.29, 1.82) is 0 Å². The first kappa shape index (κ1) is 16.5. The van der Waals surface area contributed by atoms with E-state index in [1.54, 1.807) is 13.8 Å². The van der Waals surface area contributed by atoms with Crippen molar-refractivity contribution in [3.63, 3.8) is 0 Å². The maximum absolute atomic E-state index is 11.6. The van der Waals surface area contributed by atoms with Crippen LogP contribution in [0, 0.1) is 13.8 Å². The molecule has 1 aromatic carbocycles. The predicted octanol–water partition coefficient (Wildman–Crippen LogP) is 2.77. The second kappa shape index (κ2) is 6.49. The molecule has 4 N–H and O–H groups in total. The number of aromatic hydroxyl groups is 2. The third-order valence-corrected chi connectivity index (χ3v) is 4.32. The number of hydrogen-bond donors (Lipinski definition) is 4. The van der Waals surface area contributed by atoms with Crippen LogP contribution < -0.4 is 11.0 Å². The molecule has 0 saturated carbocycles. The topological polar surface area (TPSA) is 111 Å². The first-order valence-electron chi connectivity index (χ1n) is 6.07. The minimum atomic E-state index is -0.247. The Morgan fingerprint density at radius 2 is 2.00 bits per heavy atom. The summed E-state index contributed by atoms with van der Waals surface area (Å²) in [5, 5.41) is 23.4. The molecule has 1 aromatic heterocycles. The second-order valence-corrected chi connectivity index (χ2v) is 6.10. The lowest BCUT2D eigenvalue weighted by Crippen LogP contribution is -2.15. The molecule has 0 unspecified atom stereocenters. The summed E-state index contributed by atoms with van der Waals surface area (Å²) in [6, 6.07) is 1.50. The van der Waals surface area contributed by atoms with Crippen molar-refractivity contribution >= 4 is 44.0 Å². The van der Waals surface area contributed by atoms with Crippen molar-refractivity contribution < 1.29 is 10.2 Å². The van der Waals surface area contributed by atoms with Gasteiger partial charge in [0.25, 0.3) is 5.56 Å². The molecule has 7 nitrogen and oxygen atoms in total. The van der Waals surface area contributed by atoms with Gasteiger partial charge in [0.1, 0.15) is 16.0 Å². The number of halogens is 2. The first-order valence-corrected chi connectivity index (χ1v) is 7.66. The van der Waals surface area contributed by atoms with Crippen molar-refractivity contribution in [3.8, 4) is 11.5 Å². The molecule has 0 aliphatic carbocycles. The number of hydrogen-bond acceptors (Lipinski definition) is 6. The van der Waals surface area contributed by atoms with Crippen LogP contribution in [0.25, 0.3) is 0 Å². The van der Waals surface area contributed by atoms with Gasteiger partial charge >= 0.3 is 0 Å². The van der Waals surface area contributed by atoms with E-state index in [1.807, 2.05) is 0 Å². The molecule has 0 fully saturated rings. The van der Waals surface area contributed by atoms with Gasteiger partial charge in [-0.3, -0.25) is 9.78 Å².